The number of benzene rings is 1. The third kappa shape index (κ3) is 3.50. The summed E-state index contributed by atoms with van der Waals surface area (Å²) in [4.78, 5) is 25.6. The molecule has 2 rings (SSSR count). The largest absolute Gasteiger partial charge is 0.416 e. The van der Waals surface area contributed by atoms with Crippen LogP contribution in [0.3, 0.4) is 0 Å². The van der Waals surface area contributed by atoms with Gasteiger partial charge in [-0.2, -0.15) is 13.2 Å². The van der Waals surface area contributed by atoms with E-state index in [2.05, 4.69) is 10.3 Å². The number of halogens is 3. The molecule has 0 unspecified atom stereocenters. The van der Waals surface area contributed by atoms with Crippen LogP contribution in [-0.4, -0.2) is 16.7 Å². The van der Waals surface area contributed by atoms with Crippen molar-refractivity contribution in [2.24, 2.45) is 0 Å². The Hall–Kier alpha value is -2.57. The van der Waals surface area contributed by atoms with Gasteiger partial charge in [0.25, 0.3) is 5.91 Å². The van der Waals surface area contributed by atoms with Crippen LogP contribution >= 0.6 is 0 Å². The van der Waals surface area contributed by atoms with Gasteiger partial charge < -0.3 is 10.3 Å². The molecule has 1 amide bonds. The third-order valence-electron chi connectivity index (χ3n) is 2.78. The SMILES string of the molecule is CC(=O)c1ccc(C(=O)Nc2ccc(C(F)(F)F)cc2)[nH]1. The molecule has 0 bridgehead atoms. The van der Waals surface area contributed by atoms with Gasteiger partial charge in [0.2, 0.25) is 0 Å². The van der Waals surface area contributed by atoms with Crippen LogP contribution in [0, 0.1) is 0 Å². The zero-order valence-corrected chi connectivity index (χ0v) is 10.9. The van der Waals surface area contributed by atoms with Crippen LogP contribution in [0.4, 0.5) is 18.9 Å². The van der Waals surface area contributed by atoms with E-state index >= 15 is 0 Å². The highest BCUT2D eigenvalue weighted by Crippen LogP contribution is 2.29. The Balaban J connectivity index is 2.10. The number of ketones is 1. The molecule has 0 atom stereocenters. The number of hydrogen-bond donors (Lipinski definition) is 2. The summed E-state index contributed by atoms with van der Waals surface area (Å²) < 4.78 is 37.2. The van der Waals surface area contributed by atoms with Gasteiger partial charge in [0, 0.05) is 12.6 Å². The fourth-order valence-electron chi connectivity index (χ4n) is 1.67. The van der Waals surface area contributed by atoms with Crippen LogP contribution in [0.5, 0.6) is 0 Å². The highest BCUT2D eigenvalue weighted by atomic mass is 19.4. The maximum absolute atomic E-state index is 12.4. The number of amides is 1. The highest BCUT2D eigenvalue weighted by Gasteiger charge is 2.30. The van der Waals surface area contributed by atoms with Gasteiger partial charge in [0.15, 0.2) is 5.78 Å². The summed E-state index contributed by atoms with van der Waals surface area (Å²) in [5.41, 5.74) is -0.126. The molecule has 0 spiro atoms. The Kier molecular flexibility index (Phi) is 3.84. The lowest BCUT2D eigenvalue weighted by Gasteiger charge is -2.08. The summed E-state index contributed by atoms with van der Waals surface area (Å²) in [5, 5.41) is 2.44. The van der Waals surface area contributed by atoms with E-state index in [9.17, 15) is 22.8 Å². The van der Waals surface area contributed by atoms with Crippen molar-refractivity contribution in [2.75, 3.05) is 5.32 Å². The zero-order chi connectivity index (χ0) is 15.6. The molecule has 0 aliphatic rings. The monoisotopic (exact) mass is 296 g/mol. The van der Waals surface area contributed by atoms with E-state index in [1.165, 1.54) is 19.1 Å². The molecule has 0 fully saturated rings. The number of hydrogen-bond acceptors (Lipinski definition) is 2. The van der Waals surface area contributed by atoms with Gasteiger partial charge in [-0.1, -0.05) is 0 Å². The molecule has 0 aliphatic heterocycles. The van der Waals surface area contributed by atoms with E-state index < -0.39 is 17.6 Å². The van der Waals surface area contributed by atoms with Gasteiger partial charge in [-0.3, -0.25) is 9.59 Å². The molecular weight excluding hydrogens is 285 g/mol. The van der Waals surface area contributed by atoms with Crippen LogP contribution < -0.4 is 5.32 Å². The molecule has 1 heterocycles. The summed E-state index contributed by atoms with van der Waals surface area (Å²) in [6.45, 7) is 1.35. The number of carbonyl (C=O) groups excluding carboxylic acids is 2. The van der Waals surface area contributed by atoms with Gasteiger partial charge in [0.05, 0.1) is 11.3 Å². The van der Waals surface area contributed by atoms with E-state index in [-0.39, 0.29) is 22.9 Å². The predicted octanol–water partition coefficient (Wildman–Crippen LogP) is 3.49. The minimum Gasteiger partial charge on any atom is -0.348 e. The Morgan fingerprint density at radius 3 is 2.05 bits per heavy atom. The predicted molar refractivity (Wildman–Crippen MR) is 70.2 cm³/mol. The summed E-state index contributed by atoms with van der Waals surface area (Å²) in [6, 6.07) is 6.97. The van der Waals surface area contributed by atoms with Gasteiger partial charge in [-0.25, -0.2) is 0 Å². The first kappa shape index (κ1) is 14.8. The fraction of sp³-hybridized carbons (Fsp3) is 0.143. The lowest BCUT2D eigenvalue weighted by atomic mass is 10.2. The molecular formula is C14H11F3N2O2. The maximum atomic E-state index is 12.4. The second-order valence-electron chi connectivity index (χ2n) is 4.37. The van der Waals surface area contributed by atoms with Crippen LogP contribution in [0.15, 0.2) is 36.4 Å². The quantitative estimate of drug-likeness (QED) is 0.852. The molecule has 0 radical (unpaired) electrons. The molecule has 1 aromatic carbocycles. The topological polar surface area (TPSA) is 62.0 Å². The molecule has 0 aliphatic carbocycles. The smallest absolute Gasteiger partial charge is 0.348 e. The normalized spacial score (nSPS) is 11.2. The van der Waals surface area contributed by atoms with Crippen molar-refractivity contribution in [3.05, 3.63) is 53.3 Å². The van der Waals surface area contributed by atoms with Gasteiger partial charge >= 0.3 is 6.18 Å². The van der Waals surface area contributed by atoms with Gasteiger partial charge in [-0.05, 0) is 36.4 Å². The van der Waals surface area contributed by atoms with Crippen molar-refractivity contribution in [1.29, 1.82) is 0 Å². The van der Waals surface area contributed by atoms with E-state index in [1.54, 1.807) is 0 Å². The van der Waals surface area contributed by atoms with Crippen molar-refractivity contribution in [2.45, 2.75) is 13.1 Å². The zero-order valence-electron chi connectivity index (χ0n) is 10.9. The molecule has 0 saturated carbocycles. The number of aromatic amines is 1. The summed E-state index contributed by atoms with van der Waals surface area (Å²) in [6.07, 6.45) is -4.42. The number of aromatic nitrogens is 1. The van der Waals surface area contributed by atoms with Crippen LogP contribution in [-0.2, 0) is 6.18 Å². The minimum atomic E-state index is -4.42. The average Bonchev–Trinajstić information content (AvgIpc) is 2.88. The minimum absolute atomic E-state index is 0.153. The first-order valence-corrected chi connectivity index (χ1v) is 5.96. The molecule has 2 N–H and O–H groups in total. The maximum Gasteiger partial charge on any atom is 0.416 e. The standard InChI is InChI=1S/C14H11F3N2O2/c1-8(20)11-6-7-12(19-11)13(21)18-10-4-2-9(3-5-10)14(15,16)17/h2-7,19H,1H3,(H,18,21). The second-order valence-corrected chi connectivity index (χ2v) is 4.37. The van der Waals surface area contributed by atoms with Crippen molar-refractivity contribution in [3.63, 3.8) is 0 Å². The number of nitrogens with one attached hydrogen (secondary N) is 2. The van der Waals surface area contributed by atoms with Crippen LogP contribution in [0.25, 0.3) is 0 Å². The van der Waals surface area contributed by atoms with Crippen molar-refractivity contribution < 1.29 is 22.8 Å². The molecule has 4 nitrogen and oxygen atoms in total. The first-order chi connectivity index (χ1) is 9.77. The molecule has 110 valence electrons. The Morgan fingerprint density at radius 2 is 1.57 bits per heavy atom. The van der Waals surface area contributed by atoms with Crippen molar-refractivity contribution in [1.82, 2.24) is 4.98 Å². The Morgan fingerprint density at radius 1 is 1.00 bits per heavy atom. The highest BCUT2D eigenvalue weighted by molar-refractivity contribution is 6.04. The summed E-state index contributed by atoms with van der Waals surface area (Å²) >= 11 is 0. The van der Waals surface area contributed by atoms with Gasteiger partial charge in [0.1, 0.15) is 5.69 Å². The Labute approximate surface area is 118 Å². The number of H-pyrrole nitrogens is 1. The molecule has 1 aromatic heterocycles. The van der Waals surface area contributed by atoms with E-state index in [0.717, 1.165) is 24.3 Å². The second kappa shape index (κ2) is 5.43. The third-order valence-corrected chi connectivity index (χ3v) is 2.78. The van der Waals surface area contributed by atoms with E-state index in [0.29, 0.717) is 0 Å². The number of rotatable bonds is 3. The molecule has 0 saturated heterocycles. The first-order valence-electron chi connectivity index (χ1n) is 5.96. The van der Waals surface area contributed by atoms with Crippen molar-refractivity contribution >= 4 is 17.4 Å². The molecule has 7 heteroatoms. The number of carbonyl (C=O) groups is 2. The van der Waals surface area contributed by atoms with Crippen LogP contribution in [0.2, 0.25) is 0 Å². The Bertz CT molecular complexity index is 672. The number of Topliss-reactive ketones (excluding diaryl/α,β-unsaturated/α-hetero) is 1. The fourth-order valence-corrected chi connectivity index (χ4v) is 1.67. The van der Waals surface area contributed by atoms with Crippen LogP contribution in [0.1, 0.15) is 33.5 Å². The van der Waals surface area contributed by atoms with Gasteiger partial charge in [-0.15, -0.1) is 0 Å². The summed E-state index contributed by atoms with van der Waals surface area (Å²) in [7, 11) is 0. The lowest BCUT2D eigenvalue weighted by molar-refractivity contribution is -0.137. The van der Waals surface area contributed by atoms with E-state index in [4.69, 9.17) is 0 Å². The lowest BCUT2D eigenvalue weighted by Crippen LogP contribution is -2.13. The summed E-state index contributed by atoms with van der Waals surface area (Å²) in [5.74, 6) is -0.758. The number of alkyl halides is 3. The number of anilines is 1. The molecule has 2 aromatic rings. The molecule has 21 heavy (non-hydrogen) atoms. The van der Waals surface area contributed by atoms with E-state index in [1.807, 2.05) is 0 Å². The average molecular weight is 296 g/mol. The van der Waals surface area contributed by atoms with Crippen molar-refractivity contribution in [3.8, 4) is 0 Å².